The van der Waals surface area contributed by atoms with Crippen LogP contribution in [0.25, 0.3) is 27.8 Å². The summed E-state index contributed by atoms with van der Waals surface area (Å²) in [6.07, 6.45) is 7.20. The molecule has 1 N–H and O–H groups in total. The molecule has 0 saturated heterocycles. The third-order valence-electron chi connectivity index (χ3n) is 6.50. The van der Waals surface area contributed by atoms with Gasteiger partial charge in [-0.2, -0.15) is 0 Å². The third-order valence-corrected chi connectivity index (χ3v) is 6.50. The minimum atomic E-state index is -0.250. The van der Waals surface area contributed by atoms with Crippen LogP contribution >= 0.6 is 0 Å². The number of halogens is 1. The molecule has 2 heterocycles. The van der Waals surface area contributed by atoms with Crippen molar-refractivity contribution >= 4 is 16.9 Å². The molecule has 0 amide bonds. The molecule has 4 aromatic rings. The fourth-order valence-corrected chi connectivity index (χ4v) is 5.46. The van der Waals surface area contributed by atoms with Crippen LogP contribution in [0.5, 0.6) is 0 Å². The first-order chi connectivity index (χ1) is 15.4. The smallest absolute Gasteiger partial charge is 0.150 e. The Hall–Kier alpha value is -3.21. The van der Waals surface area contributed by atoms with Gasteiger partial charge in [0, 0.05) is 23.5 Å². The zero-order chi connectivity index (χ0) is 22.3. The maximum atomic E-state index is 13.6. The van der Waals surface area contributed by atoms with E-state index >= 15 is 0 Å². The fraction of sp³-hybridized carbons (Fsp3) is 0.333. The van der Waals surface area contributed by atoms with Gasteiger partial charge in [-0.05, 0) is 60.4 Å². The van der Waals surface area contributed by atoms with Gasteiger partial charge in [0.25, 0.3) is 0 Å². The van der Waals surface area contributed by atoms with Crippen molar-refractivity contribution in [3.63, 3.8) is 0 Å². The Kier molecular flexibility index (Phi) is 5.20. The molecule has 2 atom stereocenters. The molecule has 1 aliphatic rings. The van der Waals surface area contributed by atoms with Gasteiger partial charge in [-0.25, -0.2) is 14.4 Å². The topological polar surface area (TPSA) is 42.7 Å². The molecule has 5 heteroatoms. The average molecular weight is 429 g/mol. The van der Waals surface area contributed by atoms with Crippen molar-refractivity contribution in [2.75, 3.05) is 5.32 Å². The van der Waals surface area contributed by atoms with Crippen LogP contribution in [0.2, 0.25) is 0 Å². The lowest BCUT2D eigenvalue weighted by molar-refractivity contribution is 0.178. The largest absolute Gasteiger partial charge is 0.367 e. The first-order valence-corrected chi connectivity index (χ1v) is 11.3. The number of nitrogens with zero attached hydrogens (tertiary/aromatic N) is 3. The molecule has 5 rings (SSSR count). The molecule has 0 spiro atoms. The second-order valence-electron chi connectivity index (χ2n) is 9.93. The minimum absolute atomic E-state index is 0.250. The van der Waals surface area contributed by atoms with E-state index in [4.69, 9.17) is 0 Å². The van der Waals surface area contributed by atoms with E-state index in [1.165, 1.54) is 18.6 Å². The lowest BCUT2D eigenvalue weighted by Gasteiger charge is -2.39. The number of hydrogen-bond acceptors (Lipinski definition) is 3. The highest BCUT2D eigenvalue weighted by Crippen LogP contribution is 2.41. The van der Waals surface area contributed by atoms with Crippen molar-refractivity contribution in [1.82, 2.24) is 14.5 Å². The Balaban J connectivity index is 1.65. The molecule has 32 heavy (non-hydrogen) atoms. The molecule has 4 nitrogen and oxygen atoms in total. The minimum Gasteiger partial charge on any atom is -0.367 e. The van der Waals surface area contributed by atoms with E-state index in [0.29, 0.717) is 17.4 Å². The van der Waals surface area contributed by atoms with Crippen LogP contribution in [-0.4, -0.2) is 20.6 Å². The normalized spacial score (nSPS) is 20.4. The lowest BCUT2D eigenvalue weighted by Crippen LogP contribution is -2.35. The molecule has 0 aliphatic heterocycles. The summed E-state index contributed by atoms with van der Waals surface area (Å²) in [6.45, 7) is 7.05. The van der Waals surface area contributed by atoms with E-state index in [-0.39, 0.29) is 5.82 Å². The van der Waals surface area contributed by atoms with Crippen LogP contribution in [-0.2, 0) is 0 Å². The van der Waals surface area contributed by atoms with E-state index in [9.17, 15) is 4.39 Å². The summed E-state index contributed by atoms with van der Waals surface area (Å²) in [6, 6.07) is 17.2. The summed E-state index contributed by atoms with van der Waals surface area (Å²) in [7, 11) is 0. The first kappa shape index (κ1) is 20.7. The van der Waals surface area contributed by atoms with Crippen molar-refractivity contribution in [3.8, 4) is 16.8 Å². The highest BCUT2D eigenvalue weighted by Gasteiger charge is 2.32. The van der Waals surface area contributed by atoms with Crippen molar-refractivity contribution in [1.29, 1.82) is 0 Å². The molecule has 0 unspecified atom stereocenters. The van der Waals surface area contributed by atoms with Crippen molar-refractivity contribution in [2.45, 2.75) is 46.1 Å². The number of nitrogens with one attached hydrogen (secondary N) is 1. The van der Waals surface area contributed by atoms with Gasteiger partial charge >= 0.3 is 0 Å². The van der Waals surface area contributed by atoms with Crippen LogP contribution in [0.4, 0.5) is 10.2 Å². The first-order valence-electron chi connectivity index (χ1n) is 11.3. The van der Waals surface area contributed by atoms with E-state index in [1.54, 1.807) is 18.5 Å². The van der Waals surface area contributed by atoms with Crippen molar-refractivity contribution < 1.29 is 4.39 Å². The van der Waals surface area contributed by atoms with Crippen LogP contribution in [0.15, 0.2) is 67.1 Å². The number of fused-ring (bicyclic) bond motifs is 1. The van der Waals surface area contributed by atoms with Gasteiger partial charge in [-0.3, -0.25) is 0 Å². The Morgan fingerprint density at radius 1 is 1.00 bits per heavy atom. The number of benzene rings is 2. The maximum absolute atomic E-state index is 13.6. The molecular weight excluding hydrogens is 399 g/mol. The third kappa shape index (κ3) is 3.99. The summed E-state index contributed by atoms with van der Waals surface area (Å²) >= 11 is 0. The number of hydrogen-bond donors (Lipinski definition) is 1. The second-order valence-corrected chi connectivity index (χ2v) is 9.93. The van der Waals surface area contributed by atoms with Gasteiger partial charge in [-0.15, -0.1) is 0 Å². The summed E-state index contributed by atoms with van der Waals surface area (Å²) < 4.78 is 15.6. The SMILES string of the molecule is C[C@H]1C[C@H](Nc2ncnc3c2c(-c2ccccc2)cn3-c2ccc(F)cc2)CC(C)(C)C1. The Bertz CT molecular complexity index is 1230. The Labute approximate surface area is 188 Å². The fourth-order valence-electron chi connectivity index (χ4n) is 5.46. The lowest BCUT2D eigenvalue weighted by atomic mass is 9.70. The highest BCUT2D eigenvalue weighted by molar-refractivity contribution is 6.02. The van der Waals surface area contributed by atoms with E-state index in [1.807, 2.05) is 22.8 Å². The molecule has 0 radical (unpaired) electrons. The predicted octanol–water partition coefficient (Wildman–Crippen LogP) is 6.85. The Morgan fingerprint density at radius 2 is 1.75 bits per heavy atom. The molecule has 0 bridgehead atoms. The van der Waals surface area contributed by atoms with Crippen LogP contribution in [0.1, 0.15) is 40.0 Å². The van der Waals surface area contributed by atoms with Crippen LogP contribution in [0.3, 0.4) is 0 Å². The monoisotopic (exact) mass is 428 g/mol. The van der Waals surface area contributed by atoms with E-state index in [2.05, 4.69) is 54.4 Å². The van der Waals surface area contributed by atoms with Gasteiger partial charge in [0.05, 0.1) is 5.39 Å². The molecule has 1 saturated carbocycles. The van der Waals surface area contributed by atoms with Crippen LogP contribution < -0.4 is 5.32 Å². The second kappa shape index (κ2) is 8.05. The van der Waals surface area contributed by atoms with Crippen molar-refractivity contribution in [3.05, 3.63) is 72.9 Å². The highest BCUT2D eigenvalue weighted by atomic mass is 19.1. The Morgan fingerprint density at radius 3 is 2.47 bits per heavy atom. The quantitative estimate of drug-likeness (QED) is 0.386. The van der Waals surface area contributed by atoms with Gasteiger partial charge in [0.1, 0.15) is 18.0 Å². The van der Waals surface area contributed by atoms with Gasteiger partial charge in [0.2, 0.25) is 0 Å². The predicted molar refractivity (Wildman–Crippen MR) is 128 cm³/mol. The molecular formula is C27H29FN4. The summed E-state index contributed by atoms with van der Waals surface area (Å²) in [5.41, 5.74) is 4.17. The molecule has 2 aromatic carbocycles. The molecule has 2 aromatic heterocycles. The van der Waals surface area contributed by atoms with Gasteiger partial charge in [0.15, 0.2) is 5.65 Å². The standard InChI is InChI=1S/C27H29FN4/c1-18-13-21(15-27(2,3)14-18)31-25-24-23(19-7-5-4-6-8-19)16-32(26(24)30-17-29-25)22-11-9-20(28)10-12-22/h4-12,16-18,21H,13-15H2,1-3H3,(H,29,30,31)/t18-,21-/m0/s1. The number of rotatable bonds is 4. The van der Waals surface area contributed by atoms with Crippen LogP contribution in [0, 0.1) is 17.2 Å². The molecule has 1 fully saturated rings. The van der Waals surface area contributed by atoms with E-state index in [0.717, 1.165) is 46.5 Å². The summed E-state index contributed by atoms with van der Waals surface area (Å²) in [4.78, 5) is 9.33. The number of aromatic nitrogens is 3. The maximum Gasteiger partial charge on any atom is 0.150 e. The summed E-state index contributed by atoms with van der Waals surface area (Å²) in [5.74, 6) is 1.29. The van der Waals surface area contributed by atoms with E-state index < -0.39 is 0 Å². The van der Waals surface area contributed by atoms with Gasteiger partial charge < -0.3 is 9.88 Å². The molecule has 164 valence electrons. The number of anilines is 1. The summed E-state index contributed by atoms with van der Waals surface area (Å²) in [5, 5.41) is 4.77. The zero-order valence-electron chi connectivity index (χ0n) is 18.8. The average Bonchev–Trinajstić information content (AvgIpc) is 3.14. The molecule has 1 aliphatic carbocycles. The van der Waals surface area contributed by atoms with Crippen molar-refractivity contribution in [2.24, 2.45) is 11.3 Å². The zero-order valence-corrected chi connectivity index (χ0v) is 18.8. The van der Waals surface area contributed by atoms with Gasteiger partial charge in [-0.1, -0.05) is 51.1 Å².